The van der Waals surface area contributed by atoms with Crippen molar-refractivity contribution in [1.82, 2.24) is 0 Å². The number of amides is 3. The summed E-state index contributed by atoms with van der Waals surface area (Å²) in [5, 5.41) is 0. The minimum absolute atomic E-state index is 0.0988. The van der Waals surface area contributed by atoms with Gasteiger partial charge in [-0.3, -0.25) is 24.1 Å². The standard InChI is InChI=1S/C22H20N2O5/c1-14-11-17(7-8-18(14)24-19(25)9-10-20(24)26)29-22(28)15-12-21(27)23(13-15)16-5-3-2-4-6-16/h2-8,11,15H,9-10,12-13H2,1H3/t15-/m1/s1. The number of ether oxygens (including phenoxy) is 1. The number of hydrogen-bond acceptors (Lipinski definition) is 5. The van der Waals surface area contributed by atoms with E-state index in [2.05, 4.69) is 0 Å². The van der Waals surface area contributed by atoms with Crippen LogP contribution in [0.5, 0.6) is 5.75 Å². The number of aryl methyl sites for hydroxylation is 1. The second kappa shape index (κ2) is 7.50. The van der Waals surface area contributed by atoms with Crippen molar-refractivity contribution in [3.63, 3.8) is 0 Å². The van der Waals surface area contributed by atoms with Gasteiger partial charge in [0.05, 0.1) is 11.6 Å². The Morgan fingerprint density at radius 2 is 1.66 bits per heavy atom. The Morgan fingerprint density at radius 3 is 2.31 bits per heavy atom. The van der Waals surface area contributed by atoms with Gasteiger partial charge in [0.25, 0.3) is 0 Å². The Kier molecular flexibility index (Phi) is 4.88. The smallest absolute Gasteiger partial charge is 0.316 e. The van der Waals surface area contributed by atoms with Crippen LogP contribution in [0.2, 0.25) is 0 Å². The van der Waals surface area contributed by atoms with E-state index in [4.69, 9.17) is 4.74 Å². The molecule has 2 saturated heterocycles. The molecule has 2 aliphatic rings. The van der Waals surface area contributed by atoms with E-state index in [9.17, 15) is 19.2 Å². The van der Waals surface area contributed by atoms with Gasteiger partial charge in [0.1, 0.15) is 5.75 Å². The number of para-hydroxylation sites is 1. The lowest BCUT2D eigenvalue weighted by molar-refractivity contribution is -0.139. The van der Waals surface area contributed by atoms with E-state index in [1.807, 2.05) is 30.3 Å². The molecule has 1 atom stereocenters. The summed E-state index contributed by atoms with van der Waals surface area (Å²) >= 11 is 0. The van der Waals surface area contributed by atoms with Crippen molar-refractivity contribution in [2.24, 2.45) is 5.92 Å². The summed E-state index contributed by atoms with van der Waals surface area (Å²) in [6.07, 6.45) is 0.521. The maximum atomic E-state index is 12.6. The SMILES string of the molecule is Cc1cc(OC(=O)[C@@H]2CC(=O)N(c3ccccc3)C2)ccc1N1C(=O)CCC1=O. The van der Waals surface area contributed by atoms with Crippen molar-refractivity contribution in [2.45, 2.75) is 26.2 Å². The van der Waals surface area contributed by atoms with Gasteiger partial charge in [-0.1, -0.05) is 18.2 Å². The predicted octanol–water partition coefficient (Wildman–Crippen LogP) is 2.61. The molecule has 2 heterocycles. The highest BCUT2D eigenvalue weighted by atomic mass is 16.5. The zero-order chi connectivity index (χ0) is 20.5. The molecule has 0 unspecified atom stereocenters. The third-order valence-corrected chi connectivity index (χ3v) is 5.21. The highest BCUT2D eigenvalue weighted by Crippen LogP contribution is 2.30. The molecule has 0 radical (unpaired) electrons. The molecule has 0 bridgehead atoms. The number of nitrogens with zero attached hydrogens (tertiary/aromatic N) is 2. The molecule has 0 spiro atoms. The average Bonchev–Trinajstić information content (AvgIpc) is 3.25. The average molecular weight is 392 g/mol. The van der Waals surface area contributed by atoms with Gasteiger partial charge >= 0.3 is 5.97 Å². The zero-order valence-electron chi connectivity index (χ0n) is 16.0. The number of rotatable bonds is 4. The first-order valence-electron chi connectivity index (χ1n) is 9.47. The van der Waals surface area contributed by atoms with Gasteiger partial charge in [-0.25, -0.2) is 0 Å². The Morgan fingerprint density at radius 1 is 0.966 bits per heavy atom. The Balaban J connectivity index is 1.45. The van der Waals surface area contributed by atoms with Crippen LogP contribution < -0.4 is 14.5 Å². The molecule has 0 aliphatic carbocycles. The summed E-state index contributed by atoms with van der Waals surface area (Å²) in [7, 11) is 0. The minimum Gasteiger partial charge on any atom is -0.426 e. The molecule has 2 aliphatic heterocycles. The first kappa shape index (κ1) is 18.9. The number of esters is 1. The first-order valence-corrected chi connectivity index (χ1v) is 9.47. The minimum atomic E-state index is -0.551. The fourth-order valence-corrected chi connectivity index (χ4v) is 3.71. The summed E-state index contributed by atoms with van der Waals surface area (Å²) in [6.45, 7) is 2.03. The van der Waals surface area contributed by atoms with Gasteiger partial charge in [0.15, 0.2) is 0 Å². The summed E-state index contributed by atoms with van der Waals surface area (Å²) in [5.74, 6) is -1.28. The largest absolute Gasteiger partial charge is 0.426 e. The Hall–Kier alpha value is -3.48. The van der Waals surface area contributed by atoms with Crippen molar-refractivity contribution < 1.29 is 23.9 Å². The first-order chi connectivity index (χ1) is 13.9. The summed E-state index contributed by atoms with van der Waals surface area (Å²) in [6, 6.07) is 14.0. The van der Waals surface area contributed by atoms with Crippen LogP contribution in [-0.4, -0.2) is 30.2 Å². The molecule has 3 amide bonds. The topological polar surface area (TPSA) is 84.0 Å². The van der Waals surface area contributed by atoms with E-state index >= 15 is 0 Å². The predicted molar refractivity (Wildman–Crippen MR) is 105 cm³/mol. The lowest BCUT2D eigenvalue weighted by Gasteiger charge is -2.18. The fourth-order valence-electron chi connectivity index (χ4n) is 3.71. The van der Waals surface area contributed by atoms with Crippen LogP contribution in [-0.2, 0) is 19.2 Å². The molecule has 2 aromatic carbocycles. The van der Waals surface area contributed by atoms with E-state index in [1.54, 1.807) is 30.0 Å². The van der Waals surface area contributed by atoms with E-state index in [-0.39, 0.29) is 43.5 Å². The van der Waals surface area contributed by atoms with E-state index in [1.165, 1.54) is 4.90 Å². The van der Waals surface area contributed by atoms with Crippen LogP contribution in [0.3, 0.4) is 0 Å². The maximum absolute atomic E-state index is 12.6. The normalized spacial score (nSPS) is 19.2. The monoisotopic (exact) mass is 392 g/mol. The molecule has 29 heavy (non-hydrogen) atoms. The molecular weight excluding hydrogens is 372 g/mol. The number of carbonyl (C=O) groups is 4. The quantitative estimate of drug-likeness (QED) is 0.454. The van der Waals surface area contributed by atoms with Crippen molar-refractivity contribution in [3.05, 3.63) is 54.1 Å². The number of anilines is 2. The third kappa shape index (κ3) is 3.63. The Bertz CT molecular complexity index is 986. The van der Waals surface area contributed by atoms with E-state index in [0.717, 1.165) is 5.69 Å². The van der Waals surface area contributed by atoms with Crippen molar-refractivity contribution in [2.75, 3.05) is 16.3 Å². The second-order valence-corrected chi connectivity index (χ2v) is 7.23. The second-order valence-electron chi connectivity index (χ2n) is 7.23. The fraction of sp³-hybridized carbons (Fsp3) is 0.273. The van der Waals surface area contributed by atoms with Crippen LogP contribution in [0.25, 0.3) is 0 Å². The van der Waals surface area contributed by atoms with Crippen LogP contribution in [0.1, 0.15) is 24.8 Å². The van der Waals surface area contributed by atoms with Gasteiger partial charge in [0, 0.05) is 31.5 Å². The molecule has 0 saturated carbocycles. The molecular formula is C22H20N2O5. The van der Waals surface area contributed by atoms with Crippen LogP contribution in [0.4, 0.5) is 11.4 Å². The lowest BCUT2D eigenvalue weighted by atomic mass is 10.1. The number of benzene rings is 2. The molecule has 148 valence electrons. The third-order valence-electron chi connectivity index (χ3n) is 5.21. The number of carbonyl (C=O) groups excluding carboxylic acids is 4. The number of imide groups is 1. The van der Waals surface area contributed by atoms with E-state index in [0.29, 0.717) is 17.0 Å². The Labute approximate surface area is 167 Å². The molecule has 2 aromatic rings. The highest BCUT2D eigenvalue weighted by molar-refractivity contribution is 6.20. The van der Waals surface area contributed by atoms with Crippen LogP contribution in [0.15, 0.2) is 48.5 Å². The lowest BCUT2D eigenvalue weighted by Crippen LogP contribution is -2.29. The van der Waals surface area contributed by atoms with E-state index < -0.39 is 11.9 Å². The molecule has 7 heteroatoms. The number of hydrogen-bond donors (Lipinski definition) is 0. The van der Waals surface area contributed by atoms with Crippen LogP contribution in [0, 0.1) is 12.8 Å². The van der Waals surface area contributed by atoms with Crippen molar-refractivity contribution in [3.8, 4) is 5.75 Å². The highest BCUT2D eigenvalue weighted by Gasteiger charge is 2.36. The van der Waals surface area contributed by atoms with Gasteiger partial charge in [0.2, 0.25) is 17.7 Å². The van der Waals surface area contributed by atoms with Crippen molar-refractivity contribution in [1.29, 1.82) is 0 Å². The van der Waals surface area contributed by atoms with Gasteiger partial charge in [-0.15, -0.1) is 0 Å². The van der Waals surface area contributed by atoms with Gasteiger partial charge in [-0.05, 0) is 42.8 Å². The molecule has 0 N–H and O–H groups in total. The van der Waals surface area contributed by atoms with Crippen molar-refractivity contribution >= 4 is 35.1 Å². The summed E-state index contributed by atoms with van der Waals surface area (Å²) < 4.78 is 5.48. The molecule has 4 rings (SSSR count). The van der Waals surface area contributed by atoms with Crippen LogP contribution >= 0.6 is 0 Å². The maximum Gasteiger partial charge on any atom is 0.316 e. The summed E-state index contributed by atoms with van der Waals surface area (Å²) in [5.41, 5.74) is 1.92. The molecule has 7 nitrogen and oxygen atoms in total. The zero-order valence-corrected chi connectivity index (χ0v) is 16.0. The van der Waals surface area contributed by atoms with Gasteiger partial charge < -0.3 is 9.64 Å². The molecule has 2 fully saturated rings. The van der Waals surface area contributed by atoms with Gasteiger partial charge in [-0.2, -0.15) is 0 Å². The molecule has 0 aromatic heterocycles. The summed E-state index contributed by atoms with van der Waals surface area (Å²) in [4.78, 5) is 51.5.